The Hall–Kier alpha value is -3.22. The first-order valence-corrected chi connectivity index (χ1v) is 7.72. The number of amides is 1. The molecule has 4 rings (SSSR count). The molecule has 0 radical (unpaired) electrons. The fourth-order valence-corrected chi connectivity index (χ4v) is 2.46. The number of hydrogen-bond donors (Lipinski definition) is 2. The highest BCUT2D eigenvalue weighted by Crippen LogP contribution is 2.37. The summed E-state index contributed by atoms with van der Waals surface area (Å²) in [5.41, 5.74) is 1.36. The fourth-order valence-electron chi connectivity index (χ4n) is 2.46. The Morgan fingerprint density at radius 1 is 1.25 bits per heavy atom. The molecule has 1 aliphatic rings. The van der Waals surface area contributed by atoms with Crippen molar-refractivity contribution in [3.05, 3.63) is 70.7 Å². The van der Waals surface area contributed by atoms with Gasteiger partial charge in [-0.2, -0.15) is 5.10 Å². The number of nitrogens with zero attached hydrogens (tertiary/aromatic N) is 3. The molecular formula is C17H15N5O2. The highest BCUT2D eigenvalue weighted by Gasteiger charge is 2.27. The van der Waals surface area contributed by atoms with Gasteiger partial charge in [-0.15, -0.1) is 0 Å². The second-order valence-electron chi connectivity index (χ2n) is 5.74. The number of hydrogen-bond acceptors (Lipinski definition) is 4. The molecule has 1 saturated carbocycles. The van der Waals surface area contributed by atoms with E-state index < -0.39 is 5.91 Å². The van der Waals surface area contributed by atoms with Crippen LogP contribution in [0.4, 0.5) is 5.69 Å². The number of nitrogens with one attached hydrogen (secondary N) is 2. The van der Waals surface area contributed by atoms with Crippen LogP contribution in [0.1, 0.15) is 35.1 Å². The summed E-state index contributed by atoms with van der Waals surface area (Å²) < 4.78 is 1.73. The minimum absolute atomic E-state index is 0.136. The van der Waals surface area contributed by atoms with Gasteiger partial charge in [-0.05, 0) is 43.2 Å². The SMILES string of the molecule is O=C(Nc1ccc(-n2cccn2)cc1)c1cc(=O)[nH]c(C2CC2)n1. The first-order valence-electron chi connectivity index (χ1n) is 7.72. The average molecular weight is 321 g/mol. The molecule has 3 aromatic rings. The van der Waals surface area contributed by atoms with Crippen molar-refractivity contribution in [2.24, 2.45) is 0 Å². The molecule has 1 aromatic carbocycles. The Bertz CT molecular complexity index is 924. The quantitative estimate of drug-likeness (QED) is 0.769. The number of benzene rings is 1. The predicted molar refractivity (Wildman–Crippen MR) is 88.3 cm³/mol. The zero-order chi connectivity index (χ0) is 16.5. The lowest BCUT2D eigenvalue weighted by atomic mass is 10.2. The summed E-state index contributed by atoms with van der Waals surface area (Å²) in [7, 11) is 0. The molecule has 1 fully saturated rings. The van der Waals surface area contributed by atoms with E-state index in [0.29, 0.717) is 11.5 Å². The van der Waals surface area contributed by atoms with Crippen LogP contribution in [0, 0.1) is 0 Å². The van der Waals surface area contributed by atoms with Gasteiger partial charge in [0.05, 0.1) is 5.69 Å². The molecule has 2 heterocycles. The summed E-state index contributed by atoms with van der Waals surface area (Å²) in [5.74, 6) is 0.482. The molecule has 0 atom stereocenters. The van der Waals surface area contributed by atoms with Crippen LogP contribution in [-0.4, -0.2) is 25.7 Å². The summed E-state index contributed by atoms with van der Waals surface area (Å²) in [5, 5.41) is 6.91. The van der Waals surface area contributed by atoms with E-state index in [1.165, 1.54) is 6.07 Å². The molecule has 0 spiro atoms. The molecule has 0 unspecified atom stereocenters. The third kappa shape index (κ3) is 2.96. The second-order valence-corrected chi connectivity index (χ2v) is 5.74. The molecule has 0 saturated heterocycles. The van der Waals surface area contributed by atoms with Crippen LogP contribution in [0.3, 0.4) is 0 Å². The van der Waals surface area contributed by atoms with E-state index in [9.17, 15) is 9.59 Å². The molecule has 24 heavy (non-hydrogen) atoms. The van der Waals surface area contributed by atoms with Gasteiger partial charge in [0.25, 0.3) is 11.5 Å². The largest absolute Gasteiger partial charge is 0.321 e. The Balaban J connectivity index is 1.52. The molecule has 7 nitrogen and oxygen atoms in total. The lowest BCUT2D eigenvalue weighted by molar-refractivity contribution is 0.102. The van der Waals surface area contributed by atoms with Crippen molar-refractivity contribution < 1.29 is 4.79 Å². The van der Waals surface area contributed by atoms with E-state index in [0.717, 1.165) is 18.5 Å². The maximum atomic E-state index is 12.3. The normalized spacial score (nSPS) is 13.7. The first kappa shape index (κ1) is 14.4. The number of anilines is 1. The number of carbonyl (C=O) groups excluding carboxylic acids is 1. The van der Waals surface area contributed by atoms with Gasteiger partial charge in [0.2, 0.25) is 0 Å². The number of rotatable bonds is 4. The molecule has 2 N–H and O–H groups in total. The number of aromatic nitrogens is 4. The average Bonchev–Trinajstić information content (AvgIpc) is 3.30. The zero-order valence-electron chi connectivity index (χ0n) is 12.8. The standard InChI is InChI=1S/C17H15N5O2/c23-15-10-14(20-16(21-15)11-2-3-11)17(24)19-12-4-6-13(7-5-12)22-9-1-8-18-22/h1,4-11H,2-3H2,(H,19,24)(H,20,21,23). The van der Waals surface area contributed by atoms with E-state index in [1.807, 2.05) is 24.4 Å². The van der Waals surface area contributed by atoms with Crippen LogP contribution in [0.2, 0.25) is 0 Å². The summed E-state index contributed by atoms with van der Waals surface area (Å²) in [4.78, 5) is 31.0. The molecular weight excluding hydrogens is 306 g/mol. The van der Waals surface area contributed by atoms with Gasteiger partial charge in [-0.25, -0.2) is 9.67 Å². The monoisotopic (exact) mass is 321 g/mol. The number of H-pyrrole nitrogens is 1. The molecule has 0 bridgehead atoms. The molecule has 7 heteroatoms. The smallest absolute Gasteiger partial charge is 0.274 e. The summed E-state index contributed by atoms with van der Waals surface area (Å²) in [6.07, 6.45) is 5.55. The highest BCUT2D eigenvalue weighted by atomic mass is 16.2. The van der Waals surface area contributed by atoms with Crippen molar-refractivity contribution in [1.29, 1.82) is 0 Å². The van der Waals surface area contributed by atoms with E-state index in [1.54, 1.807) is 23.0 Å². The topological polar surface area (TPSA) is 92.7 Å². The van der Waals surface area contributed by atoms with Gasteiger partial charge in [0, 0.05) is 30.1 Å². The summed E-state index contributed by atoms with van der Waals surface area (Å²) >= 11 is 0. The van der Waals surface area contributed by atoms with Crippen LogP contribution in [0.15, 0.2) is 53.6 Å². The van der Waals surface area contributed by atoms with E-state index in [-0.39, 0.29) is 17.2 Å². The van der Waals surface area contributed by atoms with Gasteiger partial charge >= 0.3 is 0 Å². The Labute approximate surface area is 137 Å². The van der Waals surface area contributed by atoms with E-state index >= 15 is 0 Å². The van der Waals surface area contributed by atoms with Crippen molar-refractivity contribution in [1.82, 2.24) is 19.7 Å². The van der Waals surface area contributed by atoms with Gasteiger partial charge in [-0.1, -0.05) is 0 Å². The maximum Gasteiger partial charge on any atom is 0.274 e. The third-order valence-electron chi connectivity index (χ3n) is 3.85. The van der Waals surface area contributed by atoms with Crippen molar-refractivity contribution >= 4 is 11.6 Å². The zero-order valence-corrected chi connectivity index (χ0v) is 12.8. The van der Waals surface area contributed by atoms with Gasteiger partial charge in [-0.3, -0.25) is 9.59 Å². The number of aromatic amines is 1. The minimum Gasteiger partial charge on any atom is -0.321 e. The lowest BCUT2D eigenvalue weighted by Crippen LogP contribution is -2.20. The van der Waals surface area contributed by atoms with E-state index in [4.69, 9.17) is 0 Å². The minimum atomic E-state index is -0.394. The van der Waals surface area contributed by atoms with Crippen LogP contribution >= 0.6 is 0 Å². The van der Waals surface area contributed by atoms with Crippen molar-refractivity contribution in [2.75, 3.05) is 5.32 Å². The second kappa shape index (κ2) is 5.77. The van der Waals surface area contributed by atoms with Crippen LogP contribution in [-0.2, 0) is 0 Å². The van der Waals surface area contributed by atoms with Crippen molar-refractivity contribution in [3.63, 3.8) is 0 Å². The van der Waals surface area contributed by atoms with Crippen LogP contribution in [0.5, 0.6) is 0 Å². The first-order chi connectivity index (χ1) is 11.7. The summed E-state index contributed by atoms with van der Waals surface area (Å²) in [6.45, 7) is 0. The van der Waals surface area contributed by atoms with E-state index in [2.05, 4.69) is 20.4 Å². The van der Waals surface area contributed by atoms with Crippen molar-refractivity contribution in [3.8, 4) is 5.69 Å². The van der Waals surface area contributed by atoms with Crippen molar-refractivity contribution in [2.45, 2.75) is 18.8 Å². The molecule has 2 aromatic heterocycles. The fraction of sp³-hybridized carbons (Fsp3) is 0.176. The van der Waals surface area contributed by atoms with Crippen LogP contribution in [0.25, 0.3) is 5.69 Å². The third-order valence-corrected chi connectivity index (χ3v) is 3.85. The van der Waals surface area contributed by atoms with Gasteiger partial charge in [0.15, 0.2) is 0 Å². The van der Waals surface area contributed by atoms with Crippen LogP contribution < -0.4 is 10.9 Å². The van der Waals surface area contributed by atoms with Gasteiger partial charge in [0.1, 0.15) is 11.5 Å². The summed E-state index contributed by atoms with van der Waals surface area (Å²) in [6, 6.07) is 10.3. The van der Waals surface area contributed by atoms with Gasteiger partial charge < -0.3 is 10.3 Å². The Morgan fingerprint density at radius 2 is 2.04 bits per heavy atom. The Kier molecular flexibility index (Phi) is 3.45. The maximum absolute atomic E-state index is 12.3. The molecule has 1 amide bonds. The molecule has 1 aliphatic carbocycles. The lowest BCUT2D eigenvalue weighted by Gasteiger charge is -2.07. The molecule has 0 aliphatic heterocycles. The molecule has 120 valence electrons. The highest BCUT2D eigenvalue weighted by molar-refractivity contribution is 6.02. The Morgan fingerprint density at radius 3 is 2.71 bits per heavy atom. The number of carbonyl (C=O) groups is 1. The predicted octanol–water partition coefficient (Wildman–Crippen LogP) is 2.09.